The molecule has 1 aliphatic rings. The van der Waals surface area contributed by atoms with E-state index in [0.29, 0.717) is 22.9 Å². The minimum Gasteiger partial charge on any atom is -0.478 e. The van der Waals surface area contributed by atoms with Crippen molar-refractivity contribution < 1.29 is 23.9 Å². The summed E-state index contributed by atoms with van der Waals surface area (Å²) in [5.74, 6) is -0.867. The number of hydrogen-bond acceptors (Lipinski definition) is 5. The molecule has 146 valence electrons. The summed E-state index contributed by atoms with van der Waals surface area (Å²) in [4.78, 5) is 35.8. The fourth-order valence-electron chi connectivity index (χ4n) is 2.72. The summed E-state index contributed by atoms with van der Waals surface area (Å²) in [5.41, 5.74) is 3.46. The molecule has 2 aromatic rings. The third-order valence-electron chi connectivity index (χ3n) is 4.32. The van der Waals surface area contributed by atoms with Gasteiger partial charge < -0.3 is 14.8 Å². The highest BCUT2D eigenvalue weighted by Crippen LogP contribution is 2.31. The van der Waals surface area contributed by atoms with Crippen molar-refractivity contribution in [3.8, 4) is 5.75 Å². The Morgan fingerprint density at radius 2 is 1.93 bits per heavy atom. The van der Waals surface area contributed by atoms with Crippen LogP contribution in [0, 0.1) is 13.8 Å². The van der Waals surface area contributed by atoms with Crippen LogP contribution in [0.1, 0.15) is 16.7 Å². The second-order valence-corrected chi connectivity index (χ2v) is 6.91. The molecule has 0 aromatic heterocycles. The Labute approximate surface area is 167 Å². The molecule has 0 bridgehead atoms. The number of imide groups is 1. The number of esters is 1. The van der Waals surface area contributed by atoms with Gasteiger partial charge in [0.25, 0.3) is 5.91 Å². The summed E-state index contributed by atoms with van der Waals surface area (Å²) < 4.78 is 10.4. The molecule has 0 saturated carbocycles. The molecule has 0 aliphatic carbocycles. The van der Waals surface area contributed by atoms with Crippen molar-refractivity contribution in [2.45, 2.75) is 26.4 Å². The molecule has 2 aromatic carbocycles. The lowest BCUT2D eigenvalue weighted by molar-refractivity contribution is -0.154. The Kier molecular flexibility index (Phi) is 5.84. The average molecular weight is 403 g/mol. The Morgan fingerprint density at radius 3 is 2.68 bits per heavy atom. The molecule has 3 rings (SSSR count). The number of carbonyl (C=O) groups is 3. The van der Waals surface area contributed by atoms with Crippen LogP contribution in [0.2, 0.25) is 5.02 Å². The van der Waals surface area contributed by atoms with Gasteiger partial charge >= 0.3 is 12.0 Å². The second kappa shape index (κ2) is 8.31. The number of urea groups is 1. The highest BCUT2D eigenvalue weighted by Gasteiger charge is 2.31. The number of halogens is 1. The van der Waals surface area contributed by atoms with E-state index in [9.17, 15) is 14.4 Å². The van der Waals surface area contributed by atoms with Gasteiger partial charge in [0.2, 0.25) is 0 Å². The first-order chi connectivity index (χ1) is 13.3. The van der Waals surface area contributed by atoms with Crippen LogP contribution in [0.15, 0.2) is 36.4 Å². The maximum Gasteiger partial charge on any atom is 0.348 e. The van der Waals surface area contributed by atoms with Crippen molar-refractivity contribution in [1.82, 2.24) is 5.32 Å². The van der Waals surface area contributed by atoms with Crippen LogP contribution in [-0.4, -0.2) is 30.6 Å². The van der Waals surface area contributed by atoms with E-state index in [1.807, 2.05) is 19.9 Å². The van der Waals surface area contributed by atoms with E-state index >= 15 is 0 Å². The van der Waals surface area contributed by atoms with E-state index in [2.05, 4.69) is 10.6 Å². The minimum absolute atomic E-state index is 0.309. The highest BCUT2D eigenvalue weighted by atomic mass is 35.5. The quantitative estimate of drug-likeness (QED) is 0.766. The van der Waals surface area contributed by atoms with Crippen LogP contribution < -0.4 is 15.4 Å². The number of rotatable bonds is 4. The maximum absolute atomic E-state index is 12.1. The van der Waals surface area contributed by atoms with Gasteiger partial charge in [-0.15, -0.1) is 0 Å². The van der Waals surface area contributed by atoms with Crippen LogP contribution in [0.25, 0.3) is 0 Å². The van der Waals surface area contributed by atoms with Crippen LogP contribution in [0.4, 0.5) is 10.5 Å². The van der Waals surface area contributed by atoms with Crippen LogP contribution >= 0.6 is 11.6 Å². The molecule has 1 aliphatic heterocycles. The molecule has 0 fully saturated rings. The molecule has 1 atom stereocenters. The summed E-state index contributed by atoms with van der Waals surface area (Å²) in [7, 11) is 0. The summed E-state index contributed by atoms with van der Waals surface area (Å²) in [6, 6.07) is 9.73. The average Bonchev–Trinajstić information content (AvgIpc) is 3.06. The number of fused-ring (bicyclic) bond motifs is 1. The number of ether oxygens (including phenoxy) is 2. The van der Waals surface area contributed by atoms with Gasteiger partial charge in [-0.25, -0.2) is 9.59 Å². The molecular formula is C20H19ClN2O5. The summed E-state index contributed by atoms with van der Waals surface area (Å²) in [6.07, 6.45) is -0.533. The van der Waals surface area contributed by atoms with E-state index in [4.69, 9.17) is 21.1 Å². The van der Waals surface area contributed by atoms with Gasteiger partial charge in [0.15, 0.2) is 12.7 Å². The van der Waals surface area contributed by atoms with E-state index in [1.165, 1.54) is 0 Å². The Bertz CT molecular complexity index is 944. The molecule has 0 radical (unpaired) electrons. The number of aryl methyl sites for hydroxylation is 2. The van der Waals surface area contributed by atoms with Crippen molar-refractivity contribution in [2.24, 2.45) is 0 Å². The van der Waals surface area contributed by atoms with Crippen LogP contribution in [-0.2, 0) is 20.7 Å². The van der Waals surface area contributed by atoms with Gasteiger partial charge in [-0.2, -0.15) is 0 Å². The second-order valence-electron chi connectivity index (χ2n) is 6.47. The van der Waals surface area contributed by atoms with Crippen molar-refractivity contribution in [2.75, 3.05) is 11.9 Å². The first kappa shape index (κ1) is 19.7. The van der Waals surface area contributed by atoms with Crippen molar-refractivity contribution in [1.29, 1.82) is 0 Å². The molecule has 0 spiro atoms. The number of carbonyl (C=O) groups excluding carboxylic acids is 3. The number of anilines is 1. The fourth-order valence-corrected chi connectivity index (χ4v) is 2.92. The highest BCUT2D eigenvalue weighted by molar-refractivity contribution is 6.30. The predicted molar refractivity (Wildman–Crippen MR) is 104 cm³/mol. The lowest BCUT2D eigenvalue weighted by Gasteiger charge is -2.11. The van der Waals surface area contributed by atoms with Gasteiger partial charge in [0.1, 0.15) is 5.75 Å². The van der Waals surface area contributed by atoms with Crippen molar-refractivity contribution >= 4 is 35.2 Å². The van der Waals surface area contributed by atoms with Gasteiger partial charge in [-0.05, 0) is 60.9 Å². The monoisotopic (exact) mass is 402 g/mol. The SMILES string of the molecule is Cc1ccc(NC(=O)NC(=O)COC(=O)C2Cc3cc(Cl)ccc3O2)cc1C. The zero-order valence-corrected chi connectivity index (χ0v) is 16.1. The fraction of sp³-hybridized carbons (Fsp3) is 0.250. The molecule has 8 heteroatoms. The molecule has 1 unspecified atom stereocenters. The van der Waals surface area contributed by atoms with E-state index in [1.54, 1.807) is 30.3 Å². The molecule has 0 saturated heterocycles. The number of amides is 3. The van der Waals surface area contributed by atoms with Crippen LogP contribution in [0.5, 0.6) is 5.75 Å². The summed E-state index contributed by atoms with van der Waals surface area (Å²) >= 11 is 5.91. The summed E-state index contributed by atoms with van der Waals surface area (Å²) in [6.45, 7) is 3.29. The topological polar surface area (TPSA) is 93.7 Å². The third kappa shape index (κ3) is 4.80. The van der Waals surface area contributed by atoms with E-state index in [0.717, 1.165) is 16.7 Å². The van der Waals surface area contributed by atoms with Crippen molar-refractivity contribution in [3.05, 3.63) is 58.1 Å². The predicted octanol–water partition coefficient (Wildman–Crippen LogP) is 3.15. The lowest BCUT2D eigenvalue weighted by atomic mass is 10.1. The lowest BCUT2D eigenvalue weighted by Crippen LogP contribution is -2.38. The smallest absolute Gasteiger partial charge is 0.348 e. The standard InChI is InChI=1S/C20H19ClN2O5/c1-11-3-5-15(7-12(11)2)22-20(26)23-18(24)10-27-19(25)17-9-13-8-14(21)4-6-16(13)28-17/h3-8,17H,9-10H2,1-2H3,(H2,22,23,24,26). The Balaban J connectivity index is 1.44. The zero-order chi connectivity index (χ0) is 20.3. The Morgan fingerprint density at radius 1 is 1.14 bits per heavy atom. The Hall–Kier alpha value is -3.06. The van der Waals surface area contributed by atoms with E-state index in [-0.39, 0.29) is 0 Å². The molecule has 1 heterocycles. The van der Waals surface area contributed by atoms with Gasteiger partial charge in [-0.3, -0.25) is 10.1 Å². The van der Waals surface area contributed by atoms with E-state index < -0.39 is 30.6 Å². The van der Waals surface area contributed by atoms with Gasteiger partial charge in [0.05, 0.1) is 0 Å². The first-order valence-corrected chi connectivity index (χ1v) is 8.99. The largest absolute Gasteiger partial charge is 0.478 e. The van der Waals surface area contributed by atoms with Crippen molar-refractivity contribution in [3.63, 3.8) is 0 Å². The normalized spacial score (nSPS) is 14.6. The molecule has 28 heavy (non-hydrogen) atoms. The third-order valence-corrected chi connectivity index (χ3v) is 4.56. The molecule has 2 N–H and O–H groups in total. The molecule has 3 amide bonds. The first-order valence-electron chi connectivity index (χ1n) is 8.61. The molecule has 7 nitrogen and oxygen atoms in total. The number of hydrogen-bond donors (Lipinski definition) is 2. The number of benzene rings is 2. The number of nitrogens with one attached hydrogen (secondary N) is 2. The van der Waals surface area contributed by atoms with Gasteiger partial charge in [0, 0.05) is 17.1 Å². The summed E-state index contributed by atoms with van der Waals surface area (Å²) in [5, 5.41) is 5.21. The van der Waals surface area contributed by atoms with Gasteiger partial charge in [-0.1, -0.05) is 17.7 Å². The minimum atomic E-state index is -0.842. The van der Waals surface area contributed by atoms with Crippen LogP contribution in [0.3, 0.4) is 0 Å². The maximum atomic E-state index is 12.1. The zero-order valence-electron chi connectivity index (χ0n) is 15.4. The molecular weight excluding hydrogens is 384 g/mol.